The van der Waals surface area contributed by atoms with E-state index in [2.05, 4.69) is 25.8 Å². The van der Waals surface area contributed by atoms with Gasteiger partial charge in [0, 0.05) is 12.7 Å². The van der Waals surface area contributed by atoms with Crippen molar-refractivity contribution < 1.29 is 9.32 Å². The molecular formula is C13H17N5O2. The lowest BCUT2D eigenvalue weighted by atomic mass is 10.2. The maximum absolute atomic E-state index is 12.1. The van der Waals surface area contributed by atoms with Gasteiger partial charge in [-0.05, 0) is 25.5 Å². The number of aryl methyl sites for hydroxylation is 1. The van der Waals surface area contributed by atoms with Crippen LogP contribution in [0.15, 0.2) is 22.9 Å². The fourth-order valence-corrected chi connectivity index (χ4v) is 1.64. The molecule has 0 spiro atoms. The van der Waals surface area contributed by atoms with Crippen molar-refractivity contribution >= 4 is 11.7 Å². The number of aromatic nitrogens is 3. The van der Waals surface area contributed by atoms with Gasteiger partial charge in [-0.2, -0.15) is 4.98 Å². The van der Waals surface area contributed by atoms with Gasteiger partial charge in [-0.1, -0.05) is 12.1 Å². The van der Waals surface area contributed by atoms with Crippen molar-refractivity contribution in [2.75, 3.05) is 11.9 Å². The summed E-state index contributed by atoms with van der Waals surface area (Å²) in [6.45, 7) is 4.73. The van der Waals surface area contributed by atoms with Gasteiger partial charge in [0.25, 0.3) is 5.91 Å². The number of hydrogen-bond donors (Lipinski definition) is 2. The molecule has 2 N–H and O–H groups in total. The molecule has 0 atom stereocenters. The Morgan fingerprint density at radius 3 is 3.00 bits per heavy atom. The molecule has 2 rings (SSSR count). The summed E-state index contributed by atoms with van der Waals surface area (Å²) in [4.78, 5) is 20.3. The first-order valence-electron chi connectivity index (χ1n) is 6.47. The SMILES string of the molecule is CCCNc1ncccc1C(=O)NCc1nc(C)no1. The van der Waals surface area contributed by atoms with Crippen LogP contribution in [-0.2, 0) is 6.54 Å². The Morgan fingerprint density at radius 2 is 2.30 bits per heavy atom. The number of carbonyl (C=O) groups excluding carboxylic acids is 1. The predicted octanol–water partition coefficient (Wildman–Crippen LogP) is 1.52. The van der Waals surface area contributed by atoms with E-state index in [0.29, 0.717) is 23.1 Å². The zero-order valence-electron chi connectivity index (χ0n) is 11.5. The van der Waals surface area contributed by atoms with Crippen LogP contribution in [0, 0.1) is 6.92 Å². The molecule has 106 valence electrons. The summed E-state index contributed by atoms with van der Waals surface area (Å²) in [6, 6.07) is 3.45. The Bertz CT molecular complexity index is 582. The van der Waals surface area contributed by atoms with Gasteiger partial charge in [0.2, 0.25) is 5.89 Å². The number of anilines is 1. The molecule has 0 radical (unpaired) electrons. The van der Waals surface area contributed by atoms with Gasteiger partial charge in [-0.3, -0.25) is 4.79 Å². The molecule has 20 heavy (non-hydrogen) atoms. The summed E-state index contributed by atoms with van der Waals surface area (Å²) >= 11 is 0. The molecule has 7 heteroatoms. The third kappa shape index (κ3) is 3.53. The highest BCUT2D eigenvalue weighted by Gasteiger charge is 2.12. The van der Waals surface area contributed by atoms with Crippen LogP contribution in [-0.4, -0.2) is 27.6 Å². The number of amides is 1. The molecule has 0 fully saturated rings. The van der Waals surface area contributed by atoms with Gasteiger partial charge >= 0.3 is 0 Å². The lowest BCUT2D eigenvalue weighted by Gasteiger charge is -2.09. The second-order valence-corrected chi connectivity index (χ2v) is 4.24. The fraction of sp³-hybridized carbons (Fsp3) is 0.385. The van der Waals surface area contributed by atoms with Crippen LogP contribution in [0.3, 0.4) is 0 Å². The van der Waals surface area contributed by atoms with Crippen molar-refractivity contribution in [3.8, 4) is 0 Å². The quantitative estimate of drug-likeness (QED) is 0.830. The summed E-state index contributed by atoms with van der Waals surface area (Å²) in [5.41, 5.74) is 0.497. The first-order chi connectivity index (χ1) is 9.70. The molecule has 0 aliphatic heterocycles. The standard InChI is InChI=1S/C13H17N5O2/c1-3-6-14-12-10(5-4-7-15-12)13(19)16-8-11-17-9(2)18-20-11/h4-5,7H,3,6,8H2,1-2H3,(H,14,15)(H,16,19). The van der Waals surface area contributed by atoms with E-state index in [-0.39, 0.29) is 12.5 Å². The van der Waals surface area contributed by atoms with Crippen LogP contribution >= 0.6 is 0 Å². The highest BCUT2D eigenvalue weighted by Crippen LogP contribution is 2.11. The van der Waals surface area contributed by atoms with E-state index in [9.17, 15) is 4.79 Å². The Balaban J connectivity index is 2.01. The van der Waals surface area contributed by atoms with Gasteiger partial charge < -0.3 is 15.2 Å². The molecule has 7 nitrogen and oxygen atoms in total. The first kappa shape index (κ1) is 14.0. The van der Waals surface area contributed by atoms with Gasteiger partial charge in [-0.15, -0.1) is 0 Å². The normalized spacial score (nSPS) is 10.3. The van der Waals surface area contributed by atoms with Crippen LogP contribution < -0.4 is 10.6 Å². The van der Waals surface area contributed by atoms with Crippen molar-refractivity contribution in [1.82, 2.24) is 20.4 Å². The molecule has 0 saturated carbocycles. The molecular weight excluding hydrogens is 258 g/mol. The number of carbonyl (C=O) groups is 1. The third-order valence-electron chi connectivity index (χ3n) is 2.56. The predicted molar refractivity (Wildman–Crippen MR) is 73.2 cm³/mol. The van der Waals surface area contributed by atoms with Gasteiger partial charge in [-0.25, -0.2) is 4.98 Å². The number of nitrogens with one attached hydrogen (secondary N) is 2. The van der Waals surface area contributed by atoms with Crippen molar-refractivity contribution in [1.29, 1.82) is 0 Å². The van der Waals surface area contributed by atoms with E-state index in [0.717, 1.165) is 13.0 Å². The monoisotopic (exact) mass is 275 g/mol. The molecule has 0 saturated heterocycles. The summed E-state index contributed by atoms with van der Waals surface area (Å²) in [7, 11) is 0. The summed E-state index contributed by atoms with van der Waals surface area (Å²) in [6.07, 6.45) is 2.61. The van der Waals surface area contributed by atoms with Crippen LogP contribution in [0.1, 0.15) is 35.4 Å². The third-order valence-corrected chi connectivity index (χ3v) is 2.56. The first-order valence-corrected chi connectivity index (χ1v) is 6.47. The zero-order chi connectivity index (χ0) is 14.4. The van der Waals surface area contributed by atoms with Crippen molar-refractivity contribution in [2.45, 2.75) is 26.8 Å². The number of rotatable bonds is 6. The smallest absolute Gasteiger partial charge is 0.255 e. The minimum Gasteiger partial charge on any atom is -0.369 e. The maximum Gasteiger partial charge on any atom is 0.255 e. The fourth-order valence-electron chi connectivity index (χ4n) is 1.64. The van der Waals surface area contributed by atoms with Crippen LogP contribution in [0.2, 0.25) is 0 Å². The molecule has 0 aliphatic rings. The highest BCUT2D eigenvalue weighted by atomic mass is 16.5. The Labute approximate surface area is 116 Å². The minimum atomic E-state index is -0.229. The molecule has 2 aromatic heterocycles. The van der Waals surface area contributed by atoms with Gasteiger partial charge in [0.05, 0.1) is 12.1 Å². The molecule has 2 aromatic rings. The van der Waals surface area contributed by atoms with Gasteiger partial charge in [0.15, 0.2) is 5.82 Å². The second-order valence-electron chi connectivity index (χ2n) is 4.24. The summed E-state index contributed by atoms with van der Waals surface area (Å²) in [5, 5.41) is 9.52. The average molecular weight is 275 g/mol. The molecule has 2 heterocycles. The molecule has 0 aliphatic carbocycles. The van der Waals surface area contributed by atoms with Crippen molar-refractivity contribution in [3.63, 3.8) is 0 Å². The van der Waals surface area contributed by atoms with Gasteiger partial charge in [0.1, 0.15) is 5.82 Å². The zero-order valence-corrected chi connectivity index (χ0v) is 11.5. The number of hydrogen-bond acceptors (Lipinski definition) is 6. The van der Waals surface area contributed by atoms with Crippen molar-refractivity contribution in [3.05, 3.63) is 35.6 Å². The van der Waals surface area contributed by atoms with Crippen molar-refractivity contribution in [2.24, 2.45) is 0 Å². The van der Waals surface area contributed by atoms with E-state index in [1.54, 1.807) is 25.3 Å². The van der Waals surface area contributed by atoms with E-state index < -0.39 is 0 Å². The molecule has 0 bridgehead atoms. The Morgan fingerprint density at radius 1 is 1.45 bits per heavy atom. The van der Waals surface area contributed by atoms with E-state index in [1.165, 1.54) is 0 Å². The minimum absolute atomic E-state index is 0.196. The largest absolute Gasteiger partial charge is 0.369 e. The lowest BCUT2D eigenvalue weighted by molar-refractivity contribution is 0.0947. The van der Waals surface area contributed by atoms with E-state index in [4.69, 9.17) is 4.52 Å². The van der Waals surface area contributed by atoms with Crippen LogP contribution in [0.5, 0.6) is 0 Å². The Kier molecular flexibility index (Phi) is 4.65. The average Bonchev–Trinajstić information content (AvgIpc) is 2.88. The van der Waals surface area contributed by atoms with E-state index in [1.807, 2.05) is 6.92 Å². The number of pyridine rings is 1. The van der Waals surface area contributed by atoms with E-state index >= 15 is 0 Å². The summed E-state index contributed by atoms with van der Waals surface area (Å²) in [5.74, 6) is 1.27. The molecule has 0 aromatic carbocycles. The Hall–Kier alpha value is -2.44. The maximum atomic E-state index is 12.1. The summed E-state index contributed by atoms with van der Waals surface area (Å²) < 4.78 is 4.94. The topological polar surface area (TPSA) is 92.9 Å². The van der Waals surface area contributed by atoms with Crippen LogP contribution in [0.4, 0.5) is 5.82 Å². The highest BCUT2D eigenvalue weighted by molar-refractivity contribution is 5.98. The second kappa shape index (κ2) is 6.65. The lowest BCUT2D eigenvalue weighted by Crippen LogP contribution is -2.24. The molecule has 1 amide bonds. The van der Waals surface area contributed by atoms with Crippen LogP contribution in [0.25, 0.3) is 0 Å². The molecule has 0 unspecified atom stereocenters. The number of nitrogens with zero attached hydrogens (tertiary/aromatic N) is 3.